The standard InChI is InChI=1S/C41H47N11O6/c1-26-22-50(24-32(37(26)52-16-15-43-47-52)46-39(55)58-41(2,3)4)33-13-14-42-21-31(33)45-38(54)36-34(51(40(56)57)23-27-9-7-6-8-10-27)19-28-11-12-29(20-30(28)44-36)49-18-17-48(5)35(53)25-49/h6-16,19-21,26,32,37H,17-18,22-25H2,1-5H3,(H,45,54)(H,46,55)(H,56,57)/t26-,32+,37-/m0/s1. The summed E-state index contributed by atoms with van der Waals surface area (Å²) >= 11 is 0. The van der Waals surface area contributed by atoms with Gasteiger partial charge in [0.1, 0.15) is 5.60 Å². The van der Waals surface area contributed by atoms with E-state index in [1.165, 1.54) is 6.20 Å². The summed E-state index contributed by atoms with van der Waals surface area (Å²) in [5, 5.41) is 25.4. The zero-order valence-corrected chi connectivity index (χ0v) is 33.1. The van der Waals surface area contributed by atoms with Crippen LogP contribution in [0.25, 0.3) is 10.9 Å². The van der Waals surface area contributed by atoms with Crippen LogP contribution in [0, 0.1) is 5.92 Å². The molecule has 2 saturated heterocycles. The number of nitrogens with zero attached hydrogens (tertiary/aromatic N) is 9. The number of amides is 4. The Morgan fingerprint density at radius 2 is 1.79 bits per heavy atom. The van der Waals surface area contributed by atoms with Gasteiger partial charge < -0.3 is 35.2 Å². The summed E-state index contributed by atoms with van der Waals surface area (Å²) < 4.78 is 7.36. The van der Waals surface area contributed by atoms with Crippen LogP contribution < -0.4 is 25.3 Å². The Balaban J connectivity index is 1.24. The molecular formula is C41H47N11O6. The normalized spacial score (nSPS) is 18.5. The van der Waals surface area contributed by atoms with Crippen molar-refractivity contribution in [1.82, 2.24) is 35.2 Å². The van der Waals surface area contributed by atoms with E-state index in [1.807, 2.05) is 60.4 Å². The van der Waals surface area contributed by atoms with Crippen LogP contribution in [0.1, 0.15) is 49.8 Å². The third kappa shape index (κ3) is 8.77. The van der Waals surface area contributed by atoms with Gasteiger partial charge in [0.15, 0.2) is 5.69 Å². The minimum atomic E-state index is -1.26. The van der Waals surface area contributed by atoms with Crippen molar-refractivity contribution in [1.29, 1.82) is 0 Å². The van der Waals surface area contributed by atoms with Gasteiger partial charge >= 0.3 is 12.2 Å². The molecule has 3 N–H and O–H groups in total. The number of hydrogen-bond donors (Lipinski definition) is 3. The Morgan fingerprint density at radius 1 is 1.00 bits per heavy atom. The minimum Gasteiger partial charge on any atom is -0.465 e. The number of alkyl carbamates (subject to hydrolysis) is 1. The molecule has 3 aromatic heterocycles. The fourth-order valence-corrected chi connectivity index (χ4v) is 7.54. The van der Waals surface area contributed by atoms with E-state index in [-0.39, 0.29) is 42.3 Å². The van der Waals surface area contributed by atoms with Crippen LogP contribution >= 0.6 is 0 Å². The number of aromatic nitrogens is 5. The van der Waals surface area contributed by atoms with E-state index < -0.39 is 29.7 Å². The molecule has 0 bridgehead atoms. The molecule has 0 spiro atoms. The lowest BCUT2D eigenvalue weighted by atomic mass is 9.89. The smallest absolute Gasteiger partial charge is 0.412 e. The number of hydrogen-bond acceptors (Lipinski definition) is 11. The van der Waals surface area contributed by atoms with Crippen molar-refractivity contribution in [3.8, 4) is 0 Å². The van der Waals surface area contributed by atoms with Crippen LogP contribution in [0.2, 0.25) is 0 Å². The number of pyridine rings is 2. The Morgan fingerprint density at radius 3 is 2.50 bits per heavy atom. The molecule has 0 radical (unpaired) electrons. The fraction of sp³-hybridized carbons (Fsp3) is 0.366. The van der Waals surface area contributed by atoms with Gasteiger partial charge in [-0.3, -0.25) is 19.5 Å². The summed E-state index contributed by atoms with van der Waals surface area (Å²) in [7, 11) is 1.77. The van der Waals surface area contributed by atoms with E-state index in [0.717, 1.165) is 16.2 Å². The second-order valence-electron chi connectivity index (χ2n) is 15.7. The fourth-order valence-electron chi connectivity index (χ4n) is 7.54. The van der Waals surface area contributed by atoms with E-state index in [1.54, 1.807) is 68.1 Å². The molecule has 58 heavy (non-hydrogen) atoms. The number of fused-ring (bicyclic) bond motifs is 1. The number of carbonyl (C=O) groups is 4. The highest BCUT2D eigenvalue weighted by atomic mass is 16.6. The van der Waals surface area contributed by atoms with E-state index in [2.05, 4.69) is 30.8 Å². The van der Waals surface area contributed by atoms with Gasteiger partial charge in [-0.05, 0) is 56.5 Å². The zero-order chi connectivity index (χ0) is 41.1. The first-order chi connectivity index (χ1) is 27.7. The summed E-state index contributed by atoms with van der Waals surface area (Å²) in [5.41, 5.74) is 2.19. The predicted molar refractivity (Wildman–Crippen MR) is 218 cm³/mol. The Kier molecular flexibility index (Phi) is 11.1. The van der Waals surface area contributed by atoms with Crippen molar-refractivity contribution < 1.29 is 29.0 Å². The first kappa shape index (κ1) is 39.5. The summed E-state index contributed by atoms with van der Waals surface area (Å²) in [6.45, 7) is 9.62. The molecule has 2 aliphatic heterocycles. The maximum absolute atomic E-state index is 14.6. The largest absolute Gasteiger partial charge is 0.465 e. The highest BCUT2D eigenvalue weighted by molar-refractivity contribution is 6.11. The number of ether oxygens (including phenoxy) is 1. The average Bonchev–Trinajstić information content (AvgIpc) is 3.71. The van der Waals surface area contributed by atoms with Gasteiger partial charge in [-0.25, -0.2) is 19.3 Å². The third-order valence-corrected chi connectivity index (χ3v) is 10.3. The van der Waals surface area contributed by atoms with E-state index in [0.29, 0.717) is 48.5 Å². The van der Waals surface area contributed by atoms with Crippen molar-refractivity contribution in [3.63, 3.8) is 0 Å². The van der Waals surface area contributed by atoms with Gasteiger partial charge in [-0.1, -0.05) is 48.5 Å². The lowest BCUT2D eigenvalue weighted by Crippen LogP contribution is -2.57. The molecule has 2 fully saturated rings. The quantitative estimate of drug-likeness (QED) is 0.181. The Hall–Kier alpha value is -6.78. The number of likely N-dealkylation sites (N-methyl/N-ethyl adjacent to an activating group) is 1. The number of piperidine rings is 1. The van der Waals surface area contributed by atoms with Crippen LogP contribution in [0.4, 0.5) is 32.3 Å². The summed E-state index contributed by atoms with van der Waals surface area (Å²) in [6.07, 6.45) is 4.66. The monoisotopic (exact) mass is 789 g/mol. The van der Waals surface area contributed by atoms with Gasteiger partial charge in [0.25, 0.3) is 5.91 Å². The number of carboxylic acid groups (broad SMARTS) is 1. The van der Waals surface area contributed by atoms with Gasteiger partial charge in [-0.15, -0.1) is 5.10 Å². The zero-order valence-electron chi connectivity index (χ0n) is 33.1. The molecule has 5 heterocycles. The average molecular weight is 790 g/mol. The van der Waals surface area contributed by atoms with Crippen molar-refractivity contribution in [3.05, 3.63) is 96.7 Å². The summed E-state index contributed by atoms with van der Waals surface area (Å²) in [5.74, 6) is -0.726. The molecule has 0 aliphatic carbocycles. The number of rotatable bonds is 9. The molecule has 3 atom stereocenters. The maximum Gasteiger partial charge on any atom is 0.412 e. The SMILES string of the molecule is C[C@H]1CN(c2ccncc2NC(=O)c2nc3cc(N4CCN(C)C(=O)C4)ccc3cc2N(Cc2ccccc2)C(=O)O)C[C@@H](NC(=O)OC(C)(C)C)[C@H]1n1ccnn1. The predicted octanol–water partition coefficient (Wildman–Crippen LogP) is 5.03. The number of nitrogens with one attached hydrogen (secondary N) is 2. The van der Waals surface area contributed by atoms with Crippen LogP contribution in [0.3, 0.4) is 0 Å². The lowest BCUT2D eigenvalue weighted by Gasteiger charge is -2.44. The van der Waals surface area contributed by atoms with Crippen LogP contribution in [-0.2, 0) is 16.1 Å². The minimum absolute atomic E-state index is 0.0102. The van der Waals surface area contributed by atoms with Crippen LogP contribution in [-0.4, -0.2) is 110 Å². The second-order valence-corrected chi connectivity index (χ2v) is 15.7. The Labute approximate surface area is 335 Å². The summed E-state index contributed by atoms with van der Waals surface area (Å²) in [6, 6.07) is 17.3. The van der Waals surface area contributed by atoms with Crippen molar-refractivity contribution >= 4 is 57.7 Å². The number of piperazine rings is 1. The van der Waals surface area contributed by atoms with Crippen molar-refractivity contribution in [2.24, 2.45) is 5.92 Å². The maximum atomic E-state index is 14.6. The topological polar surface area (TPSA) is 191 Å². The number of anilines is 4. The molecule has 2 aromatic carbocycles. The number of carbonyl (C=O) groups excluding carboxylic acids is 3. The molecule has 0 saturated carbocycles. The van der Waals surface area contributed by atoms with Crippen LogP contribution in [0.5, 0.6) is 0 Å². The summed E-state index contributed by atoms with van der Waals surface area (Å²) in [4.78, 5) is 69.1. The molecule has 7 rings (SSSR count). The van der Waals surface area contributed by atoms with Gasteiger partial charge in [0.05, 0.1) is 60.1 Å². The van der Waals surface area contributed by atoms with Crippen LogP contribution in [0.15, 0.2) is 85.5 Å². The first-order valence-electron chi connectivity index (χ1n) is 19.1. The molecule has 4 amide bonds. The van der Waals surface area contributed by atoms with Gasteiger partial charge in [0.2, 0.25) is 5.91 Å². The molecule has 0 unspecified atom stereocenters. The third-order valence-electron chi connectivity index (χ3n) is 10.3. The van der Waals surface area contributed by atoms with E-state index in [4.69, 9.17) is 9.72 Å². The van der Waals surface area contributed by atoms with Crippen molar-refractivity contribution in [2.45, 2.75) is 51.9 Å². The highest BCUT2D eigenvalue weighted by Gasteiger charge is 2.39. The molecule has 17 nitrogen and oxygen atoms in total. The molecule has 5 aromatic rings. The molecular weight excluding hydrogens is 743 g/mol. The molecule has 302 valence electrons. The molecule has 2 aliphatic rings. The van der Waals surface area contributed by atoms with Gasteiger partial charge in [-0.2, -0.15) is 0 Å². The van der Waals surface area contributed by atoms with E-state index in [9.17, 15) is 24.3 Å². The second kappa shape index (κ2) is 16.4. The van der Waals surface area contributed by atoms with Crippen molar-refractivity contribution in [2.75, 3.05) is 59.8 Å². The molecule has 17 heteroatoms. The number of benzene rings is 2. The van der Waals surface area contributed by atoms with Gasteiger partial charge in [0, 0.05) is 56.7 Å². The van der Waals surface area contributed by atoms with E-state index >= 15 is 0 Å². The highest BCUT2D eigenvalue weighted by Crippen LogP contribution is 2.36. The Bertz CT molecular complexity index is 2300. The first-order valence-corrected chi connectivity index (χ1v) is 19.1. The lowest BCUT2D eigenvalue weighted by molar-refractivity contribution is -0.129.